The molecule has 0 fully saturated rings. The number of benzene rings is 1. The number of aliphatic hydroxyl groups excluding tert-OH is 3. The summed E-state index contributed by atoms with van der Waals surface area (Å²) < 4.78 is 0. The third kappa shape index (κ3) is 3.01. The van der Waals surface area contributed by atoms with Crippen molar-refractivity contribution in [2.45, 2.75) is 24.2 Å². The van der Waals surface area contributed by atoms with E-state index in [2.05, 4.69) is 0 Å². The molecule has 178 valence electrons. The van der Waals surface area contributed by atoms with Crippen LogP contribution in [0.1, 0.15) is 28.4 Å². The number of amides is 1. The zero-order valence-corrected chi connectivity index (χ0v) is 18.3. The van der Waals surface area contributed by atoms with Gasteiger partial charge in [0, 0.05) is 28.0 Å². The molecule has 33 heavy (non-hydrogen) atoms. The molecular weight excluding hydrogens is 460 g/mol. The topological polar surface area (TPSA) is 213 Å². The van der Waals surface area contributed by atoms with E-state index >= 15 is 0 Å². The molecule has 11 nitrogen and oxygen atoms in total. The van der Waals surface area contributed by atoms with Crippen LogP contribution in [0.5, 0.6) is 5.75 Å². The fraction of sp³-hybridized carbons (Fsp3) is 0.381. The van der Waals surface area contributed by atoms with Crippen LogP contribution in [0.3, 0.4) is 0 Å². The van der Waals surface area contributed by atoms with Crippen molar-refractivity contribution in [3.63, 3.8) is 0 Å². The van der Waals surface area contributed by atoms with Crippen molar-refractivity contribution in [1.82, 2.24) is 4.90 Å². The molecule has 1 amide bonds. The molecule has 1 aromatic carbocycles. The first kappa shape index (κ1) is 24.7. The van der Waals surface area contributed by atoms with Crippen LogP contribution in [0.15, 0.2) is 34.8 Å². The van der Waals surface area contributed by atoms with E-state index in [1.807, 2.05) is 0 Å². The first-order valence-corrected chi connectivity index (χ1v) is 10.1. The maximum Gasteiger partial charge on any atom is 0.255 e. The van der Waals surface area contributed by atoms with Crippen LogP contribution in [0.4, 0.5) is 0 Å². The Morgan fingerprint density at radius 1 is 1.21 bits per heavy atom. The largest absolute Gasteiger partial charge is 0.510 e. The third-order valence-electron chi connectivity index (χ3n) is 6.64. The van der Waals surface area contributed by atoms with Gasteiger partial charge in [-0.2, -0.15) is 0 Å². The number of hydrogen-bond acceptors (Lipinski definition) is 9. The van der Waals surface area contributed by atoms with E-state index in [-0.39, 0.29) is 28.0 Å². The molecule has 1 aromatic rings. The fourth-order valence-electron chi connectivity index (χ4n) is 5.25. The van der Waals surface area contributed by atoms with Crippen LogP contribution in [0.25, 0.3) is 0 Å². The number of nitrogens with two attached hydrogens (primary N) is 1. The molecule has 3 aliphatic rings. The van der Waals surface area contributed by atoms with Gasteiger partial charge in [0.1, 0.15) is 22.8 Å². The zero-order valence-electron chi connectivity index (χ0n) is 17.5. The van der Waals surface area contributed by atoms with Crippen molar-refractivity contribution >= 4 is 29.1 Å². The molecule has 9 N–H and O–H groups in total. The Hall–Kier alpha value is -2.96. The number of carbonyl (C=O) groups excluding carboxylic acids is 3. The molecule has 0 spiro atoms. The molecule has 0 bridgehead atoms. The Labute approximate surface area is 192 Å². The summed E-state index contributed by atoms with van der Waals surface area (Å²) in [4.78, 5) is 39.7. The lowest BCUT2D eigenvalue weighted by Gasteiger charge is -2.50. The van der Waals surface area contributed by atoms with E-state index < -0.39 is 75.5 Å². The molecule has 0 unspecified atom stereocenters. The van der Waals surface area contributed by atoms with Crippen LogP contribution >= 0.6 is 11.6 Å². The standard InChI is InChI=1S/C21H21ClN2O8.H2O/c1-24(2)14-7-5-6-10(16(27)12-9(25)4-3-8(22)11(12)15(6)26)18(29)21(7,32)19(30)13(17(14)28)20(23)31;/h3-4,6-7,14-15,25-26,28-29,32H,5H2,1-2H3,(H2,23,31);1H2/t6-,7-,14-,15-,21-;/m0./s1. The maximum atomic E-state index is 13.3. The third-order valence-corrected chi connectivity index (χ3v) is 6.97. The van der Waals surface area contributed by atoms with Crippen molar-refractivity contribution in [2.24, 2.45) is 17.6 Å². The predicted molar refractivity (Wildman–Crippen MR) is 114 cm³/mol. The van der Waals surface area contributed by atoms with Gasteiger partial charge in [0.15, 0.2) is 11.4 Å². The highest BCUT2D eigenvalue weighted by molar-refractivity contribution is 6.33. The summed E-state index contributed by atoms with van der Waals surface area (Å²) >= 11 is 6.17. The predicted octanol–water partition coefficient (Wildman–Crippen LogP) is -0.560. The van der Waals surface area contributed by atoms with E-state index in [9.17, 15) is 39.9 Å². The van der Waals surface area contributed by atoms with Crippen LogP contribution in [-0.2, 0) is 9.59 Å². The summed E-state index contributed by atoms with van der Waals surface area (Å²) in [6, 6.07) is 1.30. The average Bonchev–Trinajstić information content (AvgIpc) is 2.69. The second kappa shape index (κ2) is 7.82. The van der Waals surface area contributed by atoms with Gasteiger partial charge < -0.3 is 36.7 Å². The van der Waals surface area contributed by atoms with Gasteiger partial charge in [-0.25, -0.2) is 0 Å². The second-order valence-corrected chi connectivity index (χ2v) is 8.88. The summed E-state index contributed by atoms with van der Waals surface area (Å²) in [6.07, 6.45) is -1.70. The lowest BCUT2D eigenvalue weighted by atomic mass is 9.58. The maximum absolute atomic E-state index is 13.3. The van der Waals surface area contributed by atoms with Gasteiger partial charge in [-0.05, 0) is 32.6 Å². The van der Waals surface area contributed by atoms with Gasteiger partial charge in [0.05, 0.1) is 17.7 Å². The fourth-order valence-corrected chi connectivity index (χ4v) is 5.52. The van der Waals surface area contributed by atoms with E-state index in [1.54, 1.807) is 0 Å². The Balaban J connectivity index is 0.00000306. The van der Waals surface area contributed by atoms with Gasteiger partial charge >= 0.3 is 0 Å². The van der Waals surface area contributed by atoms with E-state index in [0.29, 0.717) is 0 Å². The summed E-state index contributed by atoms with van der Waals surface area (Å²) in [5.41, 5.74) is 0.739. The smallest absolute Gasteiger partial charge is 0.255 e. The Morgan fingerprint density at radius 2 is 1.82 bits per heavy atom. The molecule has 0 saturated heterocycles. The highest BCUT2D eigenvalue weighted by atomic mass is 35.5. The Kier molecular flexibility index (Phi) is 5.85. The summed E-state index contributed by atoms with van der Waals surface area (Å²) in [5, 5.41) is 54.5. The number of hydrogen-bond donors (Lipinski definition) is 6. The van der Waals surface area contributed by atoms with Crippen molar-refractivity contribution in [1.29, 1.82) is 0 Å². The normalized spacial score (nSPS) is 31.1. The average molecular weight is 483 g/mol. The van der Waals surface area contributed by atoms with E-state index in [0.717, 1.165) is 6.07 Å². The number of ketones is 2. The number of likely N-dealkylation sites (N-methyl/N-ethyl adjacent to an activating group) is 1. The number of halogens is 1. The van der Waals surface area contributed by atoms with Crippen molar-refractivity contribution in [3.8, 4) is 5.75 Å². The lowest BCUT2D eigenvalue weighted by molar-refractivity contribution is -0.149. The molecule has 5 atom stereocenters. The highest BCUT2D eigenvalue weighted by Gasteiger charge is 2.64. The number of aliphatic hydroxyl groups is 4. The highest BCUT2D eigenvalue weighted by Crippen LogP contribution is 2.55. The molecule has 0 aliphatic heterocycles. The quantitative estimate of drug-likeness (QED) is 0.297. The molecule has 0 heterocycles. The van der Waals surface area contributed by atoms with Crippen molar-refractivity contribution < 1.29 is 45.4 Å². The first-order chi connectivity index (χ1) is 14.8. The summed E-state index contributed by atoms with van der Waals surface area (Å²) in [6.45, 7) is 0. The van der Waals surface area contributed by atoms with Gasteiger partial charge in [0.2, 0.25) is 5.78 Å². The minimum absolute atomic E-state index is 0. The van der Waals surface area contributed by atoms with Crippen molar-refractivity contribution in [2.75, 3.05) is 14.1 Å². The lowest BCUT2D eigenvalue weighted by Crippen LogP contribution is -2.64. The zero-order chi connectivity index (χ0) is 23.9. The summed E-state index contributed by atoms with van der Waals surface area (Å²) in [7, 11) is 3.03. The molecule has 4 rings (SSSR count). The van der Waals surface area contributed by atoms with E-state index in [4.69, 9.17) is 17.3 Å². The molecule has 12 heteroatoms. The molecular formula is C21H23ClN2O9. The minimum atomic E-state index is -2.77. The number of nitrogens with zero attached hydrogens (tertiary/aromatic N) is 1. The van der Waals surface area contributed by atoms with E-state index in [1.165, 1.54) is 25.1 Å². The molecule has 3 aliphatic carbocycles. The number of primary amides is 1. The monoisotopic (exact) mass is 482 g/mol. The number of phenols is 1. The van der Waals surface area contributed by atoms with Crippen LogP contribution < -0.4 is 5.73 Å². The van der Waals surface area contributed by atoms with Gasteiger partial charge in [-0.15, -0.1) is 0 Å². The molecule has 0 radical (unpaired) electrons. The Morgan fingerprint density at radius 3 is 2.36 bits per heavy atom. The summed E-state index contributed by atoms with van der Waals surface area (Å²) in [5.74, 6) is -8.18. The van der Waals surface area contributed by atoms with Gasteiger partial charge in [0.25, 0.3) is 5.91 Å². The minimum Gasteiger partial charge on any atom is -0.510 e. The Bertz CT molecular complexity index is 1160. The molecule has 0 aromatic heterocycles. The number of carbonyl (C=O) groups is 3. The van der Waals surface area contributed by atoms with Gasteiger partial charge in [-0.1, -0.05) is 11.6 Å². The number of Topliss-reactive ketones (excluding diaryl/α,β-unsaturated/α-hetero) is 2. The van der Waals surface area contributed by atoms with Crippen molar-refractivity contribution in [3.05, 3.63) is 50.9 Å². The van der Waals surface area contributed by atoms with Gasteiger partial charge in [-0.3, -0.25) is 19.3 Å². The SMILES string of the molecule is CN(C)[C@@H]1C(O)=C(C(N)=O)C(=O)[C@@]2(O)C(O)=C3C(=O)c4c(O)ccc(Cl)c4[C@@H](O)[C@H]3C[C@@H]12.O. The van der Waals surface area contributed by atoms with Crippen LogP contribution in [0.2, 0.25) is 5.02 Å². The first-order valence-electron chi connectivity index (χ1n) is 9.69. The van der Waals surface area contributed by atoms with Crippen LogP contribution in [0, 0.1) is 11.8 Å². The number of rotatable bonds is 2. The number of aromatic hydroxyl groups is 1. The second-order valence-electron chi connectivity index (χ2n) is 8.47. The number of phenolic OH excluding ortho intramolecular Hbond substituents is 1. The number of fused-ring (bicyclic) bond motifs is 3. The van der Waals surface area contributed by atoms with Crippen LogP contribution in [-0.4, -0.2) is 79.1 Å². The molecule has 0 saturated carbocycles.